The molecule has 1 N–H and O–H groups in total. The van der Waals surface area contributed by atoms with Gasteiger partial charge in [-0.3, -0.25) is 0 Å². The predicted octanol–water partition coefficient (Wildman–Crippen LogP) is 3.88. The second-order valence-corrected chi connectivity index (χ2v) is 7.00. The van der Waals surface area contributed by atoms with Gasteiger partial charge in [-0.1, -0.05) is 18.2 Å². The van der Waals surface area contributed by atoms with Crippen molar-refractivity contribution < 1.29 is 9.90 Å². The quantitative estimate of drug-likeness (QED) is 0.856. The van der Waals surface area contributed by atoms with Gasteiger partial charge in [0.15, 0.2) is 0 Å². The molecule has 3 nitrogen and oxygen atoms in total. The minimum Gasteiger partial charge on any atom is -0.478 e. The van der Waals surface area contributed by atoms with E-state index in [4.69, 9.17) is 5.11 Å². The van der Waals surface area contributed by atoms with Crippen LogP contribution in [0, 0.1) is 0 Å². The van der Waals surface area contributed by atoms with Crippen molar-refractivity contribution in [2.45, 2.75) is 13.0 Å². The number of nitrogens with zero attached hydrogens (tertiary/aromatic N) is 1. The van der Waals surface area contributed by atoms with E-state index in [1.807, 2.05) is 12.1 Å². The molecule has 0 fully saturated rings. The zero-order chi connectivity index (χ0) is 14.5. The standard InChI is InChI=1S/C15H16BrNO2S/c1-17(9-11-8-14(16)20-10-11)7-6-12-4-2-3-5-13(12)15(18)19/h2-5,8,10H,6-7,9H2,1H3,(H,18,19). The van der Waals surface area contributed by atoms with Crippen molar-refractivity contribution in [1.82, 2.24) is 4.90 Å². The van der Waals surface area contributed by atoms with Crippen molar-refractivity contribution in [2.75, 3.05) is 13.6 Å². The molecule has 1 aromatic carbocycles. The monoisotopic (exact) mass is 353 g/mol. The van der Waals surface area contributed by atoms with Crippen LogP contribution in [-0.2, 0) is 13.0 Å². The first-order valence-corrected chi connectivity index (χ1v) is 7.96. The summed E-state index contributed by atoms with van der Waals surface area (Å²) in [5.41, 5.74) is 2.56. The highest BCUT2D eigenvalue weighted by molar-refractivity contribution is 9.11. The number of benzene rings is 1. The van der Waals surface area contributed by atoms with E-state index >= 15 is 0 Å². The largest absolute Gasteiger partial charge is 0.478 e. The van der Waals surface area contributed by atoms with Crippen molar-refractivity contribution in [3.63, 3.8) is 0 Å². The number of rotatable bonds is 6. The summed E-state index contributed by atoms with van der Waals surface area (Å²) >= 11 is 5.14. The van der Waals surface area contributed by atoms with Crippen LogP contribution in [0.2, 0.25) is 0 Å². The fraction of sp³-hybridized carbons (Fsp3) is 0.267. The average molecular weight is 354 g/mol. The smallest absolute Gasteiger partial charge is 0.335 e. The Morgan fingerprint density at radius 3 is 2.80 bits per heavy atom. The lowest BCUT2D eigenvalue weighted by molar-refractivity contribution is 0.0695. The highest BCUT2D eigenvalue weighted by atomic mass is 79.9. The summed E-state index contributed by atoms with van der Waals surface area (Å²) in [6, 6.07) is 9.32. The summed E-state index contributed by atoms with van der Waals surface area (Å²) in [4.78, 5) is 13.3. The lowest BCUT2D eigenvalue weighted by atomic mass is 10.0. The fourth-order valence-corrected chi connectivity index (χ4v) is 3.28. The Morgan fingerprint density at radius 2 is 2.15 bits per heavy atom. The van der Waals surface area contributed by atoms with E-state index in [1.54, 1.807) is 23.5 Å². The zero-order valence-corrected chi connectivity index (χ0v) is 13.6. The van der Waals surface area contributed by atoms with Crippen LogP contribution in [0.15, 0.2) is 39.5 Å². The minimum atomic E-state index is -0.856. The molecule has 0 saturated carbocycles. The third-order valence-electron chi connectivity index (χ3n) is 3.08. The highest BCUT2D eigenvalue weighted by Gasteiger charge is 2.10. The first kappa shape index (κ1) is 15.2. The number of carboxylic acid groups (broad SMARTS) is 1. The van der Waals surface area contributed by atoms with E-state index < -0.39 is 5.97 Å². The number of hydrogen-bond acceptors (Lipinski definition) is 3. The summed E-state index contributed by atoms with van der Waals surface area (Å²) in [5, 5.41) is 11.3. The first-order valence-electron chi connectivity index (χ1n) is 6.29. The Labute approximate surface area is 131 Å². The van der Waals surface area contributed by atoms with E-state index in [-0.39, 0.29) is 0 Å². The Bertz CT molecular complexity index is 597. The Balaban J connectivity index is 1.93. The number of aromatic carboxylic acids is 1. The number of carbonyl (C=O) groups is 1. The molecule has 2 rings (SSSR count). The van der Waals surface area contributed by atoms with Crippen LogP contribution >= 0.6 is 27.3 Å². The van der Waals surface area contributed by atoms with E-state index in [9.17, 15) is 4.79 Å². The van der Waals surface area contributed by atoms with E-state index in [1.165, 1.54) is 5.56 Å². The van der Waals surface area contributed by atoms with Crippen LogP contribution in [-0.4, -0.2) is 29.6 Å². The van der Waals surface area contributed by atoms with E-state index in [2.05, 4.69) is 39.3 Å². The Kier molecular flexibility index (Phi) is 5.34. The van der Waals surface area contributed by atoms with Gasteiger partial charge in [-0.25, -0.2) is 4.79 Å². The lowest BCUT2D eigenvalue weighted by Crippen LogP contribution is -2.21. The highest BCUT2D eigenvalue weighted by Crippen LogP contribution is 2.21. The van der Waals surface area contributed by atoms with Gasteiger partial charge >= 0.3 is 5.97 Å². The molecule has 1 aromatic heterocycles. The maximum absolute atomic E-state index is 11.1. The van der Waals surface area contributed by atoms with Crippen molar-refractivity contribution in [2.24, 2.45) is 0 Å². The Hall–Kier alpha value is -1.17. The van der Waals surface area contributed by atoms with Crippen molar-refractivity contribution >= 4 is 33.2 Å². The number of hydrogen-bond donors (Lipinski definition) is 1. The summed E-state index contributed by atoms with van der Waals surface area (Å²) in [5.74, 6) is -0.856. The molecular weight excluding hydrogens is 338 g/mol. The summed E-state index contributed by atoms with van der Waals surface area (Å²) in [7, 11) is 2.05. The Morgan fingerprint density at radius 1 is 1.40 bits per heavy atom. The number of likely N-dealkylation sites (N-methyl/N-ethyl adjacent to an activating group) is 1. The van der Waals surface area contributed by atoms with Gasteiger partial charge < -0.3 is 10.0 Å². The van der Waals surface area contributed by atoms with Gasteiger partial charge in [0, 0.05) is 13.1 Å². The zero-order valence-electron chi connectivity index (χ0n) is 11.2. The molecule has 0 bridgehead atoms. The molecule has 2 aromatic rings. The maximum atomic E-state index is 11.1. The van der Waals surface area contributed by atoms with E-state index in [0.29, 0.717) is 5.56 Å². The molecule has 106 valence electrons. The van der Waals surface area contributed by atoms with Crippen LogP contribution in [0.25, 0.3) is 0 Å². The van der Waals surface area contributed by atoms with Crippen LogP contribution in [0.1, 0.15) is 21.5 Å². The molecule has 0 saturated heterocycles. The molecule has 0 aliphatic carbocycles. The topological polar surface area (TPSA) is 40.5 Å². The van der Waals surface area contributed by atoms with Crippen molar-refractivity contribution in [3.05, 3.63) is 56.2 Å². The summed E-state index contributed by atoms with van der Waals surface area (Å²) < 4.78 is 1.14. The molecule has 5 heteroatoms. The predicted molar refractivity (Wildman–Crippen MR) is 85.5 cm³/mol. The van der Waals surface area contributed by atoms with Crippen LogP contribution < -0.4 is 0 Å². The molecule has 0 radical (unpaired) electrons. The van der Waals surface area contributed by atoms with Crippen LogP contribution in [0.3, 0.4) is 0 Å². The maximum Gasteiger partial charge on any atom is 0.335 e. The average Bonchev–Trinajstić information content (AvgIpc) is 2.82. The second kappa shape index (κ2) is 7.02. The number of carboxylic acids is 1. The second-order valence-electron chi connectivity index (χ2n) is 4.71. The molecule has 1 heterocycles. The van der Waals surface area contributed by atoms with Gasteiger partial charge in [0.25, 0.3) is 0 Å². The summed E-state index contributed by atoms with van der Waals surface area (Å²) in [6.07, 6.45) is 0.740. The number of halogens is 1. The number of thiophene rings is 1. The molecule has 20 heavy (non-hydrogen) atoms. The minimum absolute atomic E-state index is 0.402. The molecule has 0 aliphatic heterocycles. The van der Waals surface area contributed by atoms with Gasteiger partial charge in [0.1, 0.15) is 0 Å². The SMILES string of the molecule is CN(CCc1ccccc1C(=O)O)Cc1csc(Br)c1. The molecular formula is C15H16BrNO2S. The molecule has 0 atom stereocenters. The lowest BCUT2D eigenvalue weighted by Gasteiger charge is -2.16. The van der Waals surface area contributed by atoms with Crippen LogP contribution in [0.5, 0.6) is 0 Å². The normalized spacial score (nSPS) is 10.9. The van der Waals surface area contributed by atoms with Crippen molar-refractivity contribution in [3.8, 4) is 0 Å². The van der Waals surface area contributed by atoms with Gasteiger partial charge in [-0.2, -0.15) is 0 Å². The van der Waals surface area contributed by atoms with Gasteiger partial charge in [-0.15, -0.1) is 11.3 Å². The molecule has 0 amide bonds. The summed E-state index contributed by atoms with van der Waals surface area (Å²) in [6.45, 7) is 1.70. The van der Waals surface area contributed by atoms with Gasteiger partial charge in [0.05, 0.1) is 9.35 Å². The van der Waals surface area contributed by atoms with Gasteiger partial charge in [0.2, 0.25) is 0 Å². The molecule has 0 spiro atoms. The fourth-order valence-electron chi connectivity index (χ4n) is 2.08. The van der Waals surface area contributed by atoms with E-state index in [0.717, 1.165) is 28.9 Å². The van der Waals surface area contributed by atoms with Gasteiger partial charge in [-0.05, 0) is 58.0 Å². The van der Waals surface area contributed by atoms with Crippen LogP contribution in [0.4, 0.5) is 0 Å². The van der Waals surface area contributed by atoms with Crippen molar-refractivity contribution in [1.29, 1.82) is 0 Å². The molecule has 0 unspecified atom stereocenters. The first-order chi connectivity index (χ1) is 9.56. The third kappa shape index (κ3) is 4.16. The molecule has 0 aliphatic rings. The third-order valence-corrected chi connectivity index (χ3v) is 4.64.